The van der Waals surface area contributed by atoms with Crippen LogP contribution in [-0.2, 0) is 27.8 Å². The third-order valence-electron chi connectivity index (χ3n) is 6.90. The van der Waals surface area contributed by atoms with E-state index >= 15 is 0 Å². The van der Waals surface area contributed by atoms with Gasteiger partial charge < -0.3 is 4.90 Å². The Balaban J connectivity index is 1.41. The predicted molar refractivity (Wildman–Crippen MR) is 113 cm³/mol. The average Bonchev–Trinajstić information content (AvgIpc) is 3.03. The maximum atomic E-state index is 13.4. The van der Waals surface area contributed by atoms with E-state index in [1.165, 1.54) is 10.6 Å². The van der Waals surface area contributed by atoms with Gasteiger partial charge in [0.1, 0.15) is 5.82 Å². The number of carbonyl (C=O) groups is 1. The fraction of sp³-hybridized carbons (Fsp3) is 0.571. The summed E-state index contributed by atoms with van der Waals surface area (Å²) in [4.78, 5) is 33.3. The highest BCUT2D eigenvalue weighted by atomic mass is 32.2. The van der Waals surface area contributed by atoms with Crippen LogP contribution in [0.1, 0.15) is 31.5 Å². The molecule has 30 heavy (non-hydrogen) atoms. The minimum atomic E-state index is -3.21. The molecule has 2 atom stereocenters. The van der Waals surface area contributed by atoms with Gasteiger partial charge in [-0.2, -0.15) is 0 Å². The van der Waals surface area contributed by atoms with Gasteiger partial charge in [-0.05, 0) is 37.8 Å². The van der Waals surface area contributed by atoms with Crippen LogP contribution in [-0.4, -0.2) is 64.5 Å². The molecule has 3 aliphatic heterocycles. The van der Waals surface area contributed by atoms with Crippen LogP contribution in [0.4, 0.5) is 0 Å². The van der Waals surface area contributed by atoms with Crippen LogP contribution in [0.15, 0.2) is 29.1 Å². The molecule has 2 aromatic rings. The second-order valence-corrected chi connectivity index (χ2v) is 10.7. The quantitative estimate of drug-likeness (QED) is 0.708. The summed E-state index contributed by atoms with van der Waals surface area (Å²) in [7, 11) is -3.21. The van der Waals surface area contributed by atoms with Gasteiger partial charge >= 0.3 is 0 Å². The molecular weight excluding hydrogens is 404 g/mol. The molecule has 0 unspecified atom stereocenters. The van der Waals surface area contributed by atoms with E-state index in [2.05, 4.69) is 0 Å². The third-order valence-corrected chi connectivity index (χ3v) is 8.20. The number of sulfonamides is 1. The Bertz CT molecular complexity index is 1170. The zero-order chi connectivity index (χ0) is 21.0. The molecule has 0 spiro atoms. The molecule has 4 heterocycles. The molecule has 1 aromatic heterocycles. The Morgan fingerprint density at radius 3 is 2.50 bits per heavy atom. The van der Waals surface area contributed by atoms with Gasteiger partial charge in [-0.15, -0.1) is 0 Å². The maximum absolute atomic E-state index is 13.4. The first-order valence-electron chi connectivity index (χ1n) is 10.6. The van der Waals surface area contributed by atoms with Gasteiger partial charge in [0, 0.05) is 38.0 Å². The van der Waals surface area contributed by atoms with Crippen LogP contribution in [0.2, 0.25) is 0 Å². The molecule has 2 bridgehead atoms. The number of hydrogen-bond acceptors (Lipinski definition) is 5. The molecule has 2 saturated heterocycles. The normalized spacial score (nSPS) is 25.3. The van der Waals surface area contributed by atoms with Crippen LogP contribution in [0.25, 0.3) is 10.9 Å². The van der Waals surface area contributed by atoms with Gasteiger partial charge in [-0.3, -0.25) is 14.2 Å². The molecule has 1 aromatic carbocycles. The van der Waals surface area contributed by atoms with Crippen LogP contribution in [0.3, 0.4) is 0 Å². The van der Waals surface area contributed by atoms with E-state index in [4.69, 9.17) is 4.98 Å². The lowest BCUT2D eigenvalue weighted by atomic mass is 9.95. The molecule has 160 valence electrons. The number of aromatic nitrogens is 2. The molecule has 2 fully saturated rings. The van der Waals surface area contributed by atoms with Gasteiger partial charge in [0.05, 0.1) is 23.2 Å². The first-order chi connectivity index (χ1) is 14.3. The van der Waals surface area contributed by atoms with E-state index in [9.17, 15) is 18.0 Å². The van der Waals surface area contributed by atoms with Gasteiger partial charge in [-0.25, -0.2) is 17.7 Å². The standard InChI is InChI=1S/C21H26N4O4S/c1-30(28,29)23-10-8-14(9-11-23)20(26)25-15-6-7-16(25)13-24-19(12-15)22-18-5-3-2-4-17(18)21(24)27/h2-5,14-16H,6-13H2,1H3/t15-,16+/m1/s1. The molecule has 1 amide bonds. The minimum Gasteiger partial charge on any atom is -0.334 e. The Morgan fingerprint density at radius 2 is 1.77 bits per heavy atom. The van der Waals surface area contributed by atoms with Crippen molar-refractivity contribution in [2.45, 2.75) is 50.7 Å². The van der Waals surface area contributed by atoms with Crippen LogP contribution in [0, 0.1) is 5.92 Å². The molecule has 5 rings (SSSR count). The zero-order valence-electron chi connectivity index (χ0n) is 17.0. The maximum Gasteiger partial charge on any atom is 0.261 e. The highest BCUT2D eigenvalue weighted by molar-refractivity contribution is 7.88. The van der Waals surface area contributed by atoms with E-state index < -0.39 is 10.0 Å². The molecular formula is C21H26N4O4S. The number of nitrogens with zero attached hydrogens (tertiary/aromatic N) is 4. The van der Waals surface area contributed by atoms with Gasteiger partial charge in [0.25, 0.3) is 5.56 Å². The van der Waals surface area contributed by atoms with Crippen LogP contribution >= 0.6 is 0 Å². The molecule has 0 aliphatic carbocycles. The number of fused-ring (bicyclic) bond motifs is 4. The average molecular weight is 431 g/mol. The van der Waals surface area contributed by atoms with E-state index in [1.807, 2.05) is 23.1 Å². The molecule has 0 radical (unpaired) electrons. The molecule has 3 aliphatic rings. The fourth-order valence-electron chi connectivity index (χ4n) is 5.33. The van der Waals surface area contributed by atoms with Crippen LogP contribution in [0.5, 0.6) is 0 Å². The number of carbonyl (C=O) groups excluding carboxylic acids is 1. The number of rotatable bonds is 2. The van der Waals surface area contributed by atoms with Crippen molar-refractivity contribution in [3.63, 3.8) is 0 Å². The van der Waals surface area contributed by atoms with Gasteiger partial charge in [0.15, 0.2) is 0 Å². The van der Waals surface area contributed by atoms with Crippen molar-refractivity contribution in [3.05, 3.63) is 40.4 Å². The summed E-state index contributed by atoms with van der Waals surface area (Å²) in [6.45, 7) is 1.27. The Kier molecular flexibility index (Phi) is 4.70. The Labute approximate surface area is 175 Å². The van der Waals surface area contributed by atoms with Crippen molar-refractivity contribution in [2.24, 2.45) is 5.92 Å². The van der Waals surface area contributed by atoms with E-state index in [1.54, 1.807) is 10.6 Å². The zero-order valence-corrected chi connectivity index (χ0v) is 17.8. The summed E-state index contributed by atoms with van der Waals surface area (Å²) in [5.74, 6) is 0.715. The van der Waals surface area contributed by atoms with E-state index in [0.29, 0.717) is 49.8 Å². The van der Waals surface area contributed by atoms with Crippen molar-refractivity contribution < 1.29 is 13.2 Å². The van der Waals surface area contributed by atoms with Gasteiger partial charge in [0.2, 0.25) is 15.9 Å². The molecule has 8 nitrogen and oxygen atoms in total. The first kappa shape index (κ1) is 19.7. The summed E-state index contributed by atoms with van der Waals surface area (Å²) in [5, 5.41) is 0.616. The van der Waals surface area contributed by atoms with E-state index in [-0.39, 0.29) is 29.5 Å². The number of benzene rings is 1. The second kappa shape index (κ2) is 7.16. The van der Waals surface area contributed by atoms with Crippen LogP contribution < -0.4 is 5.56 Å². The fourth-order valence-corrected chi connectivity index (χ4v) is 6.20. The molecule has 0 N–H and O–H groups in total. The lowest BCUT2D eigenvalue weighted by Gasteiger charge is -2.35. The number of amides is 1. The van der Waals surface area contributed by atoms with Gasteiger partial charge in [-0.1, -0.05) is 12.1 Å². The first-order valence-corrected chi connectivity index (χ1v) is 12.4. The summed E-state index contributed by atoms with van der Waals surface area (Å²) in [5.41, 5.74) is 0.676. The van der Waals surface area contributed by atoms with Crippen molar-refractivity contribution in [1.82, 2.24) is 18.8 Å². The Morgan fingerprint density at radius 1 is 1.07 bits per heavy atom. The lowest BCUT2D eigenvalue weighted by molar-refractivity contribution is -0.139. The highest BCUT2D eigenvalue weighted by Crippen LogP contribution is 2.34. The van der Waals surface area contributed by atoms with Crippen molar-refractivity contribution in [1.29, 1.82) is 0 Å². The Hall–Kier alpha value is -2.26. The second-order valence-electron chi connectivity index (χ2n) is 8.73. The summed E-state index contributed by atoms with van der Waals surface area (Å²) < 4.78 is 26.8. The summed E-state index contributed by atoms with van der Waals surface area (Å²) in [6.07, 6.45) is 4.72. The molecule has 9 heteroatoms. The summed E-state index contributed by atoms with van der Waals surface area (Å²) in [6, 6.07) is 7.45. The highest BCUT2D eigenvalue weighted by Gasteiger charge is 2.43. The monoisotopic (exact) mass is 430 g/mol. The lowest BCUT2D eigenvalue weighted by Crippen LogP contribution is -2.48. The predicted octanol–water partition coefficient (Wildman–Crippen LogP) is 0.984. The molecule has 0 saturated carbocycles. The largest absolute Gasteiger partial charge is 0.334 e. The number of piperidine rings is 1. The topological polar surface area (TPSA) is 92.6 Å². The van der Waals surface area contributed by atoms with E-state index in [0.717, 1.165) is 18.7 Å². The number of para-hydroxylation sites is 1. The minimum absolute atomic E-state index is 0.00245. The number of hydrogen-bond donors (Lipinski definition) is 0. The summed E-state index contributed by atoms with van der Waals surface area (Å²) >= 11 is 0. The van der Waals surface area contributed by atoms with Crippen molar-refractivity contribution >= 4 is 26.8 Å². The van der Waals surface area contributed by atoms with Crippen molar-refractivity contribution in [3.8, 4) is 0 Å². The SMILES string of the molecule is CS(=O)(=O)N1CCC(C(=O)N2[C@@H]3CC[C@H]2Cn2c(nc4ccccc4c2=O)C3)CC1. The van der Waals surface area contributed by atoms with Crippen molar-refractivity contribution in [2.75, 3.05) is 19.3 Å². The third kappa shape index (κ3) is 3.24. The smallest absolute Gasteiger partial charge is 0.261 e.